The fraction of sp³-hybridized carbons (Fsp3) is 0.200. The largest absolute Gasteiger partial charge is 0.479 e. The predicted octanol–water partition coefficient (Wildman–Crippen LogP) is 7.52. The molecule has 0 aliphatic carbocycles. The van der Waals surface area contributed by atoms with Crippen LogP contribution in [-0.4, -0.2) is 22.2 Å². The van der Waals surface area contributed by atoms with Crippen molar-refractivity contribution >= 4 is 39.3 Å². The van der Waals surface area contributed by atoms with Gasteiger partial charge >= 0.3 is 12.1 Å². The Balaban J connectivity index is 1.42. The van der Waals surface area contributed by atoms with Crippen LogP contribution in [0.15, 0.2) is 71.6 Å². The first-order valence-corrected chi connectivity index (χ1v) is 12.2. The topological polar surface area (TPSA) is 59.4 Å². The summed E-state index contributed by atoms with van der Waals surface area (Å²) in [7, 11) is 0. The van der Waals surface area contributed by atoms with Gasteiger partial charge in [-0.1, -0.05) is 25.1 Å². The number of aliphatic carboxylic acids is 1. The van der Waals surface area contributed by atoms with Crippen LogP contribution >= 0.6 is 23.1 Å². The zero-order valence-electron chi connectivity index (χ0n) is 18.0. The van der Waals surface area contributed by atoms with Gasteiger partial charge in [-0.3, -0.25) is 0 Å². The van der Waals surface area contributed by atoms with Crippen molar-refractivity contribution in [3.8, 4) is 16.3 Å². The smallest absolute Gasteiger partial charge is 0.416 e. The lowest BCUT2D eigenvalue weighted by Gasteiger charge is -2.13. The lowest BCUT2D eigenvalue weighted by molar-refractivity contribution is -0.145. The van der Waals surface area contributed by atoms with Gasteiger partial charge in [0.1, 0.15) is 10.8 Å². The summed E-state index contributed by atoms with van der Waals surface area (Å²) >= 11 is 3.08. The van der Waals surface area contributed by atoms with Crippen molar-refractivity contribution in [1.29, 1.82) is 0 Å². The molecule has 34 heavy (non-hydrogen) atoms. The summed E-state index contributed by atoms with van der Waals surface area (Å²) in [5, 5.41) is 9.78. The number of aromatic nitrogens is 1. The lowest BCUT2D eigenvalue weighted by Crippen LogP contribution is -2.25. The second-order valence-corrected chi connectivity index (χ2v) is 9.59. The maximum atomic E-state index is 12.8. The number of benzene rings is 3. The molecule has 4 nitrogen and oxygen atoms in total. The molecular weight excluding hydrogens is 483 g/mol. The summed E-state index contributed by atoms with van der Waals surface area (Å²) in [4.78, 5) is 16.7. The Morgan fingerprint density at radius 3 is 2.41 bits per heavy atom. The molecule has 0 aliphatic rings. The van der Waals surface area contributed by atoms with Crippen molar-refractivity contribution in [2.24, 2.45) is 0 Å². The Kier molecular flexibility index (Phi) is 7.13. The third-order valence-corrected chi connectivity index (χ3v) is 7.22. The molecule has 4 rings (SSSR count). The van der Waals surface area contributed by atoms with Gasteiger partial charge in [0.2, 0.25) is 0 Å². The van der Waals surface area contributed by atoms with Gasteiger partial charge in [0.15, 0.2) is 6.10 Å². The Hall–Kier alpha value is -3.04. The van der Waals surface area contributed by atoms with E-state index in [4.69, 9.17) is 9.84 Å². The number of fused-ring (bicyclic) bond motifs is 1. The predicted molar refractivity (Wildman–Crippen MR) is 128 cm³/mol. The van der Waals surface area contributed by atoms with E-state index in [1.807, 2.05) is 30.3 Å². The number of thioether (sulfide) groups is 1. The second-order valence-electron chi connectivity index (χ2n) is 7.51. The molecule has 0 fully saturated rings. The van der Waals surface area contributed by atoms with E-state index in [2.05, 4.69) is 4.98 Å². The van der Waals surface area contributed by atoms with Crippen molar-refractivity contribution in [3.05, 3.63) is 77.9 Å². The molecule has 0 saturated heterocycles. The zero-order valence-corrected chi connectivity index (χ0v) is 19.6. The molecule has 0 bridgehead atoms. The van der Waals surface area contributed by atoms with Crippen molar-refractivity contribution in [1.82, 2.24) is 4.98 Å². The highest BCUT2D eigenvalue weighted by atomic mass is 32.2. The molecule has 0 spiro atoms. The first-order chi connectivity index (χ1) is 16.2. The zero-order chi connectivity index (χ0) is 24.3. The van der Waals surface area contributed by atoms with E-state index in [9.17, 15) is 18.0 Å². The number of ether oxygens (including phenoxy) is 1. The molecule has 4 aromatic rings. The molecule has 9 heteroatoms. The van der Waals surface area contributed by atoms with Gasteiger partial charge < -0.3 is 9.84 Å². The molecule has 0 amide bonds. The van der Waals surface area contributed by atoms with Crippen molar-refractivity contribution in [2.75, 3.05) is 0 Å². The summed E-state index contributed by atoms with van der Waals surface area (Å²) in [6.07, 6.45) is -4.84. The van der Waals surface area contributed by atoms with Crippen LogP contribution in [0, 0.1) is 0 Å². The molecule has 1 N–H and O–H groups in total. The molecular formula is C25H20F3NO3S2. The minimum atomic E-state index is -4.36. The van der Waals surface area contributed by atoms with Crippen LogP contribution in [0.1, 0.15) is 24.5 Å². The Labute approximate surface area is 202 Å². The van der Waals surface area contributed by atoms with Crippen LogP contribution in [0.4, 0.5) is 13.2 Å². The van der Waals surface area contributed by atoms with E-state index in [1.165, 1.54) is 23.5 Å². The minimum Gasteiger partial charge on any atom is -0.479 e. The summed E-state index contributed by atoms with van der Waals surface area (Å²) in [6, 6.07) is 18.3. The average Bonchev–Trinajstić information content (AvgIpc) is 3.25. The highest BCUT2D eigenvalue weighted by Crippen LogP contribution is 2.35. The van der Waals surface area contributed by atoms with Gasteiger partial charge in [-0.05, 0) is 60.5 Å². The standard InChI is InChI=1S/C25H20F3NO3S2/c1-2-21(24(30)31)32-18-8-10-19(11-9-18)33-14-15-3-12-20-22(13-15)34-23(29-20)16-4-6-17(7-5-16)25(26,27)28/h3-13,21H,2,14H2,1H3,(H,30,31). The number of hydrogen-bond acceptors (Lipinski definition) is 5. The van der Waals surface area contributed by atoms with Crippen LogP contribution in [0.25, 0.3) is 20.8 Å². The van der Waals surface area contributed by atoms with Crippen molar-refractivity contribution in [3.63, 3.8) is 0 Å². The van der Waals surface area contributed by atoms with Crippen LogP contribution < -0.4 is 4.74 Å². The summed E-state index contributed by atoms with van der Waals surface area (Å²) in [5.41, 5.74) is 1.88. The molecule has 0 radical (unpaired) electrons. The number of hydrogen-bond donors (Lipinski definition) is 1. The quantitative estimate of drug-likeness (QED) is 0.252. The van der Waals surface area contributed by atoms with Gasteiger partial charge in [0.25, 0.3) is 0 Å². The van der Waals surface area contributed by atoms with Gasteiger partial charge in [-0.25, -0.2) is 9.78 Å². The van der Waals surface area contributed by atoms with Crippen LogP contribution in [-0.2, 0) is 16.7 Å². The SMILES string of the molecule is CCC(Oc1ccc(SCc2ccc3nc(-c4ccc(C(F)(F)F)cc4)sc3c2)cc1)C(=O)O. The molecule has 176 valence electrons. The van der Waals surface area contributed by atoms with Gasteiger partial charge in [-0.15, -0.1) is 23.1 Å². The van der Waals surface area contributed by atoms with Gasteiger partial charge in [0.05, 0.1) is 15.8 Å². The number of carbonyl (C=O) groups is 1. The maximum absolute atomic E-state index is 12.8. The molecule has 1 aromatic heterocycles. The maximum Gasteiger partial charge on any atom is 0.416 e. The fourth-order valence-electron chi connectivity index (χ4n) is 3.24. The van der Waals surface area contributed by atoms with Crippen molar-refractivity contribution in [2.45, 2.75) is 36.3 Å². The summed E-state index contributed by atoms with van der Waals surface area (Å²) < 4.78 is 44.9. The molecule has 0 saturated carbocycles. The lowest BCUT2D eigenvalue weighted by atomic mass is 10.1. The van der Waals surface area contributed by atoms with Gasteiger partial charge in [0, 0.05) is 16.2 Å². The number of thiazole rings is 1. The third-order valence-electron chi connectivity index (χ3n) is 5.07. The van der Waals surface area contributed by atoms with E-state index in [-0.39, 0.29) is 0 Å². The highest BCUT2D eigenvalue weighted by Gasteiger charge is 2.30. The van der Waals surface area contributed by atoms with E-state index in [0.29, 0.717) is 22.7 Å². The Morgan fingerprint density at radius 1 is 1.09 bits per heavy atom. The number of carboxylic acids is 1. The summed E-state index contributed by atoms with van der Waals surface area (Å²) in [6.45, 7) is 1.76. The number of rotatable bonds is 8. The molecule has 3 aromatic carbocycles. The minimum absolute atomic E-state index is 0.381. The fourth-order valence-corrected chi connectivity index (χ4v) is 5.11. The number of carboxylic acid groups (broad SMARTS) is 1. The Morgan fingerprint density at radius 2 is 1.79 bits per heavy atom. The van der Waals surface area contributed by atoms with Crippen LogP contribution in [0.2, 0.25) is 0 Å². The Bertz CT molecular complexity index is 1290. The molecule has 0 aliphatic heterocycles. The third kappa shape index (κ3) is 5.71. The van der Waals surface area contributed by atoms with E-state index < -0.39 is 23.8 Å². The summed E-state index contributed by atoms with van der Waals surface area (Å²) in [5.74, 6) is 0.248. The normalized spacial score (nSPS) is 12.6. The average molecular weight is 504 g/mol. The van der Waals surface area contributed by atoms with E-state index in [1.54, 1.807) is 30.8 Å². The van der Waals surface area contributed by atoms with Crippen LogP contribution in [0.5, 0.6) is 5.75 Å². The number of alkyl halides is 3. The molecule has 1 atom stereocenters. The van der Waals surface area contributed by atoms with Crippen molar-refractivity contribution < 1.29 is 27.8 Å². The first-order valence-electron chi connectivity index (χ1n) is 10.4. The molecule has 1 heterocycles. The molecule has 1 unspecified atom stereocenters. The number of nitrogens with zero attached hydrogens (tertiary/aromatic N) is 1. The van der Waals surface area contributed by atoms with E-state index in [0.717, 1.165) is 38.6 Å². The highest BCUT2D eigenvalue weighted by molar-refractivity contribution is 7.98. The second kappa shape index (κ2) is 10.1. The van der Waals surface area contributed by atoms with Crippen LogP contribution in [0.3, 0.4) is 0 Å². The first kappa shape index (κ1) is 24.1. The monoisotopic (exact) mass is 503 g/mol. The van der Waals surface area contributed by atoms with Gasteiger partial charge in [-0.2, -0.15) is 13.2 Å². The van der Waals surface area contributed by atoms with E-state index >= 15 is 0 Å². The number of halogens is 3.